The molecule has 0 aliphatic heterocycles. The molecule has 0 saturated carbocycles. The molecule has 0 radical (unpaired) electrons. The maximum absolute atomic E-state index is 13.4. The molecule has 9 heteroatoms. The number of fused-ring (bicyclic) bond motifs is 1. The molecule has 0 fully saturated rings. The molecule has 3 aromatic rings. The third-order valence-electron chi connectivity index (χ3n) is 4.88. The lowest BCUT2D eigenvalue weighted by molar-refractivity contribution is 0.0983. The van der Waals surface area contributed by atoms with Crippen LogP contribution in [0.15, 0.2) is 51.8 Å². The molecule has 0 atom stereocenters. The minimum absolute atomic E-state index is 0.172. The van der Waals surface area contributed by atoms with Crippen molar-refractivity contribution in [1.82, 2.24) is 9.88 Å². The molecule has 1 amide bonds. The molecule has 160 valence electrons. The lowest BCUT2D eigenvalue weighted by Crippen LogP contribution is -2.39. The third kappa shape index (κ3) is 4.91. The summed E-state index contributed by atoms with van der Waals surface area (Å²) in [7, 11) is -3.43. The predicted octanol–water partition coefficient (Wildman–Crippen LogP) is 4.45. The first-order chi connectivity index (χ1) is 14.3. The van der Waals surface area contributed by atoms with Crippen molar-refractivity contribution in [3.63, 3.8) is 0 Å². The summed E-state index contributed by atoms with van der Waals surface area (Å²) < 4.78 is 25.8. The van der Waals surface area contributed by atoms with E-state index in [0.29, 0.717) is 33.8 Å². The molecule has 0 N–H and O–H groups in total. The minimum Gasteiger partial charge on any atom is -0.302 e. The highest BCUT2D eigenvalue weighted by Crippen LogP contribution is 2.33. The Hall–Kier alpha value is -1.81. The fraction of sp³-hybridized carbons (Fsp3) is 0.333. The Morgan fingerprint density at radius 3 is 2.40 bits per heavy atom. The lowest BCUT2D eigenvalue weighted by Gasteiger charge is -2.25. The number of likely N-dealkylation sites (N-methyl/N-ethyl adjacent to an activating group) is 1. The third-order valence-corrected chi connectivity index (χ3v) is 7.75. The Morgan fingerprint density at radius 1 is 1.07 bits per heavy atom. The van der Waals surface area contributed by atoms with Crippen LogP contribution in [-0.4, -0.2) is 56.6 Å². The number of hydrogen-bond acceptors (Lipinski definition) is 6. The first-order valence-corrected chi connectivity index (χ1v) is 13.1. The summed E-state index contributed by atoms with van der Waals surface area (Å²) in [5, 5.41) is 0.494. The highest BCUT2D eigenvalue weighted by atomic mass is 79.9. The van der Waals surface area contributed by atoms with E-state index in [1.165, 1.54) is 17.6 Å². The number of aromatic nitrogens is 1. The first kappa shape index (κ1) is 22.9. The summed E-state index contributed by atoms with van der Waals surface area (Å²) in [5.74, 6) is -0.172. The van der Waals surface area contributed by atoms with Crippen LogP contribution in [-0.2, 0) is 9.84 Å². The summed E-state index contributed by atoms with van der Waals surface area (Å²) in [5.41, 5.74) is 0.951. The van der Waals surface area contributed by atoms with Gasteiger partial charge in [-0.1, -0.05) is 43.4 Å². The van der Waals surface area contributed by atoms with Gasteiger partial charge in [-0.05, 0) is 53.3 Å². The van der Waals surface area contributed by atoms with Gasteiger partial charge in [-0.2, -0.15) is 0 Å². The monoisotopic (exact) mass is 509 g/mol. The molecule has 2 aromatic carbocycles. The van der Waals surface area contributed by atoms with Gasteiger partial charge in [-0.15, -0.1) is 0 Å². The van der Waals surface area contributed by atoms with Crippen molar-refractivity contribution in [3.05, 3.63) is 52.5 Å². The predicted molar refractivity (Wildman–Crippen MR) is 126 cm³/mol. The van der Waals surface area contributed by atoms with Gasteiger partial charge in [0.25, 0.3) is 5.91 Å². The quantitative estimate of drug-likeness (QED) is 0.448. The van der Waals surface area contributed by atoms with Crippen molar-refractivity contribution in [2.75, 3.05) is 37.3 Å². The molecule has 3 rings (SSSR count). The Morgan fingerprint density at radius 2 is 1.77 bits per heavy atom. The molecule has 0 aliphatic rings. The van der Waals surface area contributed by atoms with Crippen molar-refractivity contribution in [2.24, 2.45) is 0 Å². The fourth-order valence-electron chi connectivity index (χ4n) is 3.17. The molecule has 0 aliphatic carbocycles. The molecular weight excluding hydrogens is 486 g/mol. The second kappa shape index (κ2) is 9.55. The molecule has 0 bridgehead atoms. The topological polar surface area (TPSA) is 70.6 Å². The number of carbonyl (C=O) groups excluding carboxylic acids is 1. The maximum atomic E-state index is 13.4. The molecule has 1 aromatic heterocycles. The van der Waals surface area contributed by atoms with Crippen molar-refractivity contribution in [3.8, 4) is 0 Å². The number of thiazole rings is 1. The standard InChI is InChI=1S/C21H24BrN3O3S2/c1-4-24(5-2)13-14-25(20(26)15-9-6-7-10-16(15)22)21-23-19-17(29-21)11-8-12-18(19)30(3,27)28/h6-12H,4-5,13-14H2,1-3H3. The summed E-state index contributed by atoms with van der Waals surface area (Å²) in [6.07, 6.45) is 1.17. The van der Waals surface area contributed by atoms with Crippen LogP contribution < -0.4 is 4.90 Å². The number of carbonyl (C=O) groups is 1. The van der Waals surface area contributed by atoms with Gasteiger partial charge >= 0.3 is 0 Å². The maximum Gasteiger partial charge on any atom is 0.261 e. The second-order valence-corrected chi connectivity index (χ2v) is 10.7. The van der Waals surface area contributed by atoms with Crippen LogP contribution in [0.3, 0.4) is 0 Å². The number of rotatable bonds is 8. The van der Waals surface area contributed by atoms with E-state index in [4.69, 9.17) is 0 Å². The van der Waals surface area contributed by atoms with Crippen LogP contribution in [0.25, 0.3) is 10.2 Å². The molecule has 6 nitrogen and oxygen atoms in total. The van der Waals surface area contributed by atoms with E-state index < -0.39 is 9.84 Å². The number of anilines is 1. The number of sulfone groups is 1. The minimum atomic E-state index is -3.43. The Balaban J connectivity index is 2.08. The van der Waals surface area contributed by atoms with Gasteiger partial charge in [0.15, 0.2) is 15.0 Å². The van der Waals surface area contributed by atoms with E-state index in [9.17, 15) is 13.2 Å². The van der Waals surface area contributed by atoms with Crippen molar-refractivity contribution in [2.45, 2.75) is 18.7 Å². The van der Waals surface area contributed by atoms with Crippen molar-refractivity contribution >= 4 is 58.4 Å². The van der Waals surface area contributed by atoms with E-state index in [-0.39, 0.29) is 10.8 Å². The van der Waals surface area contributed by atoms with E-state index in [1.54, 1.807) is 23.1 Å². The Kier molecular flexibility index (Phi) is 7.28. The van der Waals surface area contributed by atoms with Gasteiger partial charge in [0.05, 0.1) is 15.2 Å². The van der Waals surface area contributed by atoms with E-state index >= 15 is 0 Å². The van der Waals surface area contributed by atoms with Gasteiger partial charge in [-0.3, -0.25) is 9.69 Å². The number of hydrogen-bond donors (Lipinski definition) is 0. The molecule has 1 heterocycles. The van der Waals surface area contributed by atoms with Gasteiger partial charge in [0.1, 0.15) is 5.52 Å². The Labute approximate surface area is 189 Å². The molecule has 0 saturated heterocycles. The van der Waals surface area contributed by atoms with Crippen molar-refractivity contribution < 1.29 is 13.2 Å². The fourth-order valence-corrected chi connectivity index (χ4v) is 5.54. The van der Waals surface area contributed by atoms with Crippen LogP contribution in [0.4, 0.5) is 5.13 Å². The SMILES string of the molecule is CCN(CC)CCN(C(=O)c1ccccc1Br)c1nc2c(S(C)(=O)=O)cccc2s1. The van der Waals surface area contributed by atoms with Crippen LogP contribution in [0.5, 0.6) is 0 Å². The average Bonchev–Trinajstić information content (AvgIpc) is 3.14. The van der Waals surface area contributed by atoms with Crippen LogP contribution in [0.2, 0.25) is 0 Å². The highest BCUT2D eigenvalue weighted by Gasteiger charge is 2.25. The number of nitrogens with zero attached hydrogens (tertiary/aromatic N) is 3. The Bertz CT molecular complexity index is 1160. The van der Waals surface area contributed by atoms with E-state index in [2.05, 4.69) is 39.7 Å². The summed E-state index contributed by atoms with van der Waals surface area (Å²) in [6.45, 7) is 7.07. The summed E-state index contributed by atoms with van der Waals surface area (Å²) in [6, 6.07) is 12.4. The molecular formula is C21H24BrN3O3S2. The summed E-state index contributed by atoms with van der Waals surface area (Å²) >= 11 is 4.79. The number of halogens is 1. The van der Waals surface area contributed by atoms with Crippen LogP contribution in [0.1, 0.15) is 24.2 Å². The van der Waals surface area contributed by atoms with Gasteiger partial charge in [-0.25, -0.2) is 13.4 Å². The lowest BCUT2D eigenvalue weighted by atomic mass is 10.2. The van der Waals surface area contributed by atoms with E-state index in [1.807, 2.05) is 24.3 Å². The normalized spacial score (nSPS) is 11.9. The molecule has 0 unspecified atom stereocenters. The zero-order chi connectivity index (χ0) is 21.9. The van der Waals surface area contributed by atoms with Gasteiger partial charge in [0, 0.05) is 23.8 Å². The average molecular weight is 510 g/mol. The number of benzene rings is 2. The largest absolute Gasteiger partial charge is 0.302 e. The second-order valence-electron chi connectivity index (χ2n) is 6.84. The van der Waals surface area contributed by atoms with Gasteiger partial charge < -0.3 is 4.90 Å². The van der Waals surface area contributed by atoms with Gasteiger partial charge in [0.2, 0.25) is 0 Å². The smallest absolute Gasteiger partial charge is 0.261 e. The van der Waals surface area contributed by atoms with E-state index in [0.717, 1.165) is 17.8 Å². The number of para-hydroxylation sites is 1. The highest BCUT2D eigenvalue weighted by molar-refractivity contribution is 9.10. The summed E-state index contributed by atoms with van der Waals surface area (Å²) in [4.78, 5) is 22.1. The first-order valence-electron chi connectivity index (χ1n) is 9.64. The van der Waals surface area contributed by atoms with Crippen LogP contribution >= 0.6 is 27.3 Å². The molecule has 30 heavy (non-hydrogen) atoms. The van der Waals surface area contributed by atoms with Crippen molar-refractivity contribution in [1.29, 1.82) is 0 Å². The zero-order valence-electron chi connectivity index (χ0n) is 17.1. The zero-order valence-corrected chi connectivity index (χ0v) is 20.3. The molecule has 0 spiro atoms. The van der Waals surface area contributed by atoms with Crippen LogP contribution in [0, 0.1) is 0 Å². The number of amides is 1.